The number of hydrogen-bond donors (Lipinski definition) is 1. The average molecular weight is 324 g/mol. The van der Waals surface area contributed by atoms with E-state index in [9.17, 15) is 4.79 Å². The quantitative estimate of drug-likeness (QED) is 0.860. The van der Waals surface area contributed by atoms with Crippen LogP contribution < -0.4 is 4.90 Å². The molecule has 5 heteroatoms. The third-order valence-corrected chi connectivity index (χ3v) is 5.69. The first kappa shape index (κ1) is 17.3. The van der Waals surface area contributed by atoms with Gasteiger partial charge in [-0.05, 0) is 37.0 Å². The minimum absolute atomic E-state index is 0.175. The van der Waals surface area contributed by atoms with Crippen molar-refractivity contribution in [2.45, 2.75) is 59.8 Å². The molecule has 1 aliphatic rings. The Bertz CT molecular complexity index is 519. The second kappa shape index (κ2) is 6.99. The molecule has 1 aromatic rings. The largest absolute Gasteiger partial charge is 0.481 e. The summed E-state index contributed by atoms with van der Waals surface area (Å²) >= 11 is 1.78. The van der Waals surface area contributed by atoms with Crippen LogP contribution in [-0.2, 0) is 17.6 Å². The second-order valence-electron chi connectivity index (χ2n) is 7.30. The van der Waals surface area contributed by atoms with E-state index in [0.717, 1.165) is 30.9 Å². The fourth-order valence-electron chi connectivity index (χ4n) is 3.04. The van der Waals surface area contributed by atoms with E-state index in [-0.39, 0.29) is 6.42 Å². The van der Waals surface area contributed by atoms with Crippen LogP contribution in [0.25, 0.3) is 0 Å². The highest BCUT2D eigenvalue weighted by Gasteiger charge is 2.31. The highest BCUT2D eigenvalue weighted by molar-refractivity contribution is 7.15. The summed E-state index contributed by atoms with van der Waals surface area (Å²) in [5.74, 6) is -0.0258. The van der Waals surface area contributed by atoms with Gasteiger partial charge in [-0.25, -0.2) is 4.98 Å². The summed E-state index contributed by atoms with van der Waals surface area (Å²) in [4.78, 5) is 19.2. The molecule has 0 spiro atoms. The van der Waals surface area contributed by atoms with Crippen molar-refractivity contribution < 1.29 is 9.90 Å². The van der Waals surface area contributed by atoms with Crippen molar-refractivity contribution in [1.29, 1.82) is 0 Å². The molecular weight excluding hydrogens is 296 g/mol. The first-order chi connectivity index (χ1) is 10.3. The predicted molar refractivity (Wildman–Crippen MR) is 91.8 cm³/mol. The number of hydrogen-bond acceptors (Lipinski definition) is 4. The van der Waals surface area contributed by atoms with E-state index >= 15 is 0 Å². The van der Waals surface area contributed by atoms with Crippen LogP contribution in [-0.4, -0.2) is 29.1 Å². The zero-order chi connectivity index (χ0) is 16.3. The molecule has 1 aliphatic carbocycles. The fourth-order valence-corrected chi connectivity index (χ4v) is 4.28. The van der Waals surface area contributed by atoms with E-state index in [1.807, 2.05) is 0 Å². The molecule has 0 saturated heterocycles. The van der Waals surface area contributed by atoms with E-state index in [4.69, 9.17) is 10.1 Å². The molecule has 0 radical (unpaired) electrons. The lowest BCUT2D eigenvalue weighted by Crippen LogP contribution is -2.27. The highest BCUT2D eigenvalue weighted by atomic mass is 32.1. The van der Waals surface area contributed by atoms with Crippen LogP contribution in [0.1, 0.15) is 57.5 Å². The Labute approximate surface area is 137 Å². The van der Waals surface area contributed by atoms with Crippen LogP contribution in [0.3, 0.4) is 0 Å². The normalized spacial score (nSPS) is 18.1. The third-order valence-electron chi connectivity index (χ3n) is 4.51. The van der Waals surface area contributed by atoms with Crippen LogP contribution in [0.2, 0.25) is 0 Å². The smallest absolute Gasteiger partial charge is 0.305 e. The summed E-state index contributed by atoms with van der Waals surface area (Å²) < 4.78 is 0. The molecular formula is C17H28N2O2S. The maximum absolute atomic E-state index is 10.8. The molecule has 0 amide bonds. The molecule has 0 saturated carbocycles. The predicted octanol–water partition coefficient (Wildman–Crippen LogP) is 3.99. The van der Waals surface area contributed by atoms with E-state index in [1.54, 1.807) is 11.3 Å². The molecule has 4 nitrogen and oxygen atoms in total. The van der Waals surface area contributed by atoms with Crippen molar-refractivity contribution in [3.63, 3.8) is 0 Å². The number of thiazole rings is 1. The summed E-state index contributed by atoms with van der Waals surface area (Å²) in [6.07, 6.45) is 4.58. The van der Waals surface area contributed by atoms with Crippen molar-refractivity contribution in [1.82, 2.24) is 4.98 Å². The van der Waals surface area contributed by atoms with E-state index in [0.29, 0.717) is 17.9 Å². The minimum atomic E-state index is -0.741. The van der Waals surface area contributed by atoms with Gasteiger partial charge in [0, 0.05) is 18.0 Å². The monoisotopic (exact) mass is 324 g/mol. The second-order valence-corrected chi connectivity index (χ2v) is 8.36. The van der Waals surface area contributed by atoms with Crippen molar-refractivity contribution >= 4 is 22.4 Å². The Kier molecular flexibility index (Phi) is 5.48. The molecule has 0 fully saturated rings. The third kappa shape index (κ3) is 4.22. The van der Waals surface area contributed by atoms with E-state index < -0.39 is 5.97 Å². The first-order valence-corrected chi connectivity index (χ1v) is 9.08. The van der Waals surface area contributed by atoms with Crippen LogP contribution >= 0.6 is 11.3 Å². The van der Waals surface area contributed by atoms with Gasteiger partial charge in [0.25, 0.3) is 0 Å². The summed E-state index contributed by atoms with van der Waals surface area (Å²) in [5, 5.41) is 9.94. The Morgan fingerprint density at radius 1 is 1.41 bits per heavy atom. The van der Waals surface area contributed by atoms with Crippen molar-refractivity contribution in [3.05, 3.63) is 10.6 Å². The molecule has 1 N–H and O–H groups in total. The summed E-state index contributed by atoms with van der Waals surface area (Å²) in [5.41, 5.74) is 1.59. The van der Waals surface area contributed by atoms with Crippen LogP contribution in [0.4, 0.5) is 5.13 Å². The Hall–Kier alpha value is -1.10. The number of carboxylic acid groups (broad SMARTS) is 1. The van der Waals surface area contributed by atoms with Crippen LogP contribution in [0, 0.1) is 11.3 Å². The maximum atomic E-state index is 10.8. The van der Waals surface area contributed by atoms with Gasteiger partial charge in [-0.15, -0.1) is 11.3 Å². The number of carbonyl (C=O) groups is 1. The first-order valence-electron chi connectivity index (χ1n) is 8.26. The topological polar surface area (TPSA) is 53.4 Å². The van der Waals surface area contributed by atoms with Gasteiger partial charge in [-0.2, -0.15) is 0 Å². The van der Waals surface area contributed by atoms with Gasteiger partial charge in [0.1, 0.15) is 0 Å². The Morgan fingerprint density at radius 3 is 2.73 bits per heavy atom. The zero-order valence-electron chi connectivity index (χ0n) is 14.2. The number of carboxylic acids is 1. The number of anilines is 1. The van der Waals surface area contributed by atoms with Gasteiger partial charge in [0.05, 0.1) is 12.1 Å². The summed E-state index contributed by atoms with van der Waals surface area (Å²) in [7, 11) is 0. The molecule has 1 unspecified atom stereocenters. The number of aryl methyl sites for hydroxylation is 1. The van der Waals surface area contributed by atoms with E-state index in [2.05, 4.69) is 32.6 Å². The molecule has 0 bridgehead atoms. The summed E-state index contributed by atoms with van der Waals surface area (Å²) in [6.45, 7) is 10.5. The van der Waals surface area contributed by atoms with E-state index in [1.165, 1.54) is 17.0 Å². The van der Waals surface area contributed by atoms with Gasteiger partial charge in [-0.3, -0.25) is 4.79 Å². The molecule has 1 aromatic heterocycles. The summed E-state index contributed by atoms with van der Waals surface area (Å²) in [6, 6.07) is 0. The fraction of sp³-hybridized carbons (Fsp3) is 0.765. The maximum Gasteiger partial charge on any atom is 0.305 e. The standard InChI is InChI=1S/C17H28N2O2S/c1-5-9-19(10-8-15(20)21)16-18-13-7-6-12(17(2,3)4)11-14(13)22-16/h12H,5-11H2,1-4H3,(H,20,21). The number of aromatic nitrogens is 1. The molecule has 124 valence electrons. The number of aliphatic carboxylic acids is 1. The highest BCUT2D eigenvalue weighted by Crippen LogP contribution is 2.40. The average Bonchev–Trinajstić information content (AvgIpc) is 2.84. The zero-order valence-corrected chi connectivity index (χ0v) is 15.0. The Balaban J connectivity index is 2.13. The molecule has 0 aliphatic heterocycles. The molecule has 1 heterocycles. The minimum Gasteiger partial charge on any atom is -0.481 e. The van der Waals surface area contributed by atoms with Crippen molar-refractivity contribution in [2.24, 2.45) is 11.3 Å². The molecule has 22 heavy (non-hydrogen) atoms. The Morgan fingerprint density at radius 2 is 2.14 bits per heavy atom. The van der Waals surface area contributed by atoms with Crippen LogP contribution in [0.5, 0.6) is 0 Å². The number of rotatable bonds is 6. The van der Waals surface area contributed by atoms with Crippen LogP contribution in [0.15, 0.2) is 0 Å². The van der Waals surface area contributed by atoms with Crippen molar-refractivity contribution in [3.8, 4) is 0 Å². The lowest BCUT2D eigenvalue weighted by atomic mass is 9.73. The van der Waals surface area contributed by atoms with Gasteiger partial charge >= 0.3 is 5.97 Å². The lowest BCUT2D eigenvalue weighted by molar-refractivity contribution is -0.136. The van der Waals surface area contributed by atoms with Gasteiger partial charge in [-0.1, -0.05) is 27.7 Å². The lowest BCUT2D eigenvalue weighted by Gasteiger charge is -2.33. The molecule has 2 rings (SSSR count). The van der Waals surface area contributed by atoms with Gasteiger partial charge in [0.2, 0.25) is 0 Å². The SMILES string of the molecule is CCCN(CCC(=O)O)c1nc2c(s1)CC(C(C)(C)C)CC2. The van der Waals surface area contributed by atoms with Gasteiger partial charge < -0.3 is 10.0 Å². The molecule has 0 aromatic carbocycles. The molecule has 1 atom stereocenters. The number of fused-ring (bicyclic) bond motifs is 1. The van der Waals surface area contributed by atoms with Gasteiger partial charge in [0.15, 0.2) is 5.13 Å². The number of nitrogens with zero attached hydrogens (tertiary/aromatic N) is 2. The van der Waals surface area contributed by atoms with Crippen molar-refractivity contribution in [2.75, 3.05) is 18.0 Å².